The topological polar surface area (TPSA) is 63.3 Å². The molecule has 1 amide bonds. The summed E-state index contributed by atoms with van der Waals surface area (Å²) in [5.74, 6) is 1.15. The van der Waals surface area contributed by atoms with Gasteiger partial charge in [-0.05, 0) is 114 Å². The van der Waals surface area contributed by atoms with Gasteiger partial charge in [0.15, 0.2) is 5.75 Å². The molecule has 2 aliphatic heterocycles. The molecule has 6 aromatic carbocycles. The molecule has 6 aromatic rings. The van der Waals surface area contributed by atoms with Crippen LogP contribution in [0.15, 0.2) is 145 Å². The molecule has 1 saturated heterocycles. The van der Waals surface area contributed by atoms with Crippen LogP contribution in [0.5, 0.6) is 11.5 Å². The van der Waals surface area contributed by atoms with Gasteiger partial charge in [-0.15, -0.1) is 0 Å². The summed E-state index contributed by atoms with van der Waals surface area (Å²) in [4.78, 5) is 20.5. The summed E-state index contributed by atoms with van der Waals surface area (Å²) in [5, 5.41) is 5.90. The van der Waals surface area contributed by atoms with E-state index in [-0.39, 0.29) is 30.6 Å². The minimum atomic E-state index is -0.642. The molecule has 1 aliphatic carbocycles. The first-order valence-corrected chi connectivity index (χ1v) is 24.6. The lowest BCUT2D eigenvalue weighted by Crippen LogP contribution is -2.65. The van der Waals surface area contributed by atoms with Gasteiger partial charge >= 0.3 is 0 Å². The Balaban J connectivity index is 1.08. The molecule has 9 rings (SSSR count). The predicted octanol–water partition coefficient (Wildman–Crippen LogP) is 12.6. The van der Waals surface area contributed by atoms with Gasteiger partial charge in [0.2, 0.25) is 0 Å². The molecule has 0 aromatic heterocycles. The lowest BCUT2D eigenvalue weighted by atomic mass is 9.73. The number of nitrogens with one attached hydrogen (secondary N) is 1. The van der Waals surface area contributed by atoms with Crippen LogP contribution in [0.25, 0.3) is 5.57 Å². The molecule has 346 valence electrons. The van der Waals surface area contributed by atoms with Crippen LogP contribution in [0.4, 0.5) is 0 Å². The highest BCUT2D eigenvalue weighted by Crippen LogP contribution is 2.47. The number of fused-ring (bicyclic) bond motifs is 2. The predicted molar refractivity (Wildman–Crippen MR) is 272 cm³/mol. The second kappa shape index (κ2) is 21.2. The molecule has 2 heterocycles. The minimum Gasteiger partial charge on any atom is -0.490 e. The first-order valence-electron chi connectivity index (χ1n) is 23.1. The van der Waals surface area contributed by atoms with Crippen molar-refractivity contribution in [2.45, 2.75) is 69.2 Å². The monoisotopic (exact) mass is 973 g/mol. The zero-order chi connectivity index (χ0) is 46.5. The van der Waals surface area contributed by atoms with Gasteiger partial charge in [-0.25, -0.2) is 0 Å². The van der Waals surface area contributed by atoms with E-state index in [0.717, 1.165) is 65.6 Å². The quantitative estimate of drug-likeness (QED) is 0.0684. The number of hydrogen-bond acceptors (Lipinski definition) is 6. The molecule has 0 radical (unpaired) electrons. The fraction of sp³-hybridized carbons (Fsp3) is 0.304. The lowest BCUT2D eigenvalue weighted by Gasteiger charge is -2.53. The Hall–Kier alpha value is -4.83. The third-order valence-electron chi connectivity index (χ3n) is 13.2. The zero-order valence-corrected chi connectivity index (χ0v) is 40.9. The van der Waals surface area contributed by atoms with Crippen molar-refractivity contribution in [3.8, 4) is 11.5 Å². The number of ether oxygens (including phenoxy) is 3. The smallest absolute Gasteiger partial charge is 0.252 e. The van der Waals surface area contributed by atoms with E-state index >= 15 is 4.79 Å². The summed E-state index contributed by atoms with van der Waals surface area (Å²) in [6.45, 7) is 4.81. The molecule has 1 saturated carbocycles. The van der Waals surface area contributed by atoms with Crippen molar-refractivity contribution in [1.29, 1.82) is 0 Å². The van der Waals surface area contributed by atoms with E-state index in [1.54, 1.807) is 7.11 Å². The van der Waals surface area contributed by atoms with Crippen molar-refractivity contribution in [3.63, 3.8) is 0 Å². The van der Waals surface area contributed by atoms with E-state index < -0.39 is 5.54 Å². The van der Waals surface area contributed by atoms with Crippen LogP contribution in [-0.4, -0.2) is 73.9 Å². The molecule has 3 aliphatic rings. The van der Waals surface area contributed by atoms with Crippen molar-refractivity contribution in [1.82, 2.24) is 15.1 Å². The number of benzene rings is 6. The average Bonchev–Trinajstić information content (AvgIpc) is 4.19. The fourth-order valence-corrected chi connectivity index (χ4v) is 11.2. The van der Waals surface area contributed by atoms with E-state index in [4.69, 9.17) is 60.6 Å². The number of nitrogens with zero attached hydrogens (tertiary/aromatic N) is 2. The molecular weight excluding hydrogens is 920 g/mol. The van der Waals surface area contributed by atoms with Crippen molar-refractivity contribution in [2.75, 3.05) is 40.0 Å². The second-order valence-electron chi connectivity index (χ2n) is 17.8. The van der Waals surface area contributed by atoms with Gasteiger partial charge < -0.3 is 24.4 Å². The number of amides is 1. The minimum absolute atomic E-state index is 0.0166. The van der Waals surface area contributed by atoms with E-state index in [1.165, 1.54) is 16.7 Å². The number of carbonyl (C=O) groups excluding carboxylic acids is 1. The van der Waals surface area contributed by atoms with E-state index in [2.05, 4.69) is 124 Å². The molecule has 11 heteroatoms. The van der Waals surface area contributed by atoms with E-state index in [1.807, 2.05) is 37.3 Å². The Morgan fingerprint density at radius 3 is 1.91 bits per heavy atom. The number of methoxy groups -OCH3 is 1. The van der Waals surface area contributed by atoms with Gasteiger partial charge in [-0.2, -0.15) is 0 Å². The highest BCUT2D eigenvalue weighted by Gasteiger charge is 2.49. The van der Waals surface area contributed by atoms with Gasteiger partial charge in [-0.3, -0.25) is 9.69 Å². The Morgan fingerprint density at radius 2 is 1.33 bits per heavy atom. The Labute approximate surface area is 414 Å². The molecule has 1 N–H and O–H groups in total. The average molecular weight is 976 g/mol. The van der Waals surface area contributed by atoms with Gasteiger partial charge in [0, 0.05) is 51.0 Å². The van der Waals surface area contributed by atoms with Crippen molar-refractivity contribution in [3.05, 3.63) is 204 Å². The van der Waals surface area contributed by atoms with E-state index in [0.29, 0.717) is 64.3 Å². The molecule has 67 heavy (non-hydrogen) atoms. The second-order valence-corrected chi connectivity index (χ2v) is 19.4. The third kappa shape index (κ3) is 10.3. The van der Waals surface area contributed by atoms with Crippen LogP contribution in [0.2, 0.25) is 20.1 Å². The molecule has 2 atom stereocenters. The molecular formula is C56H55Cl4N3O4. The van der Waals surface area contributed by atoms with Crippen LogP contribution in [0.3, 0.4) is 0 Å². The first kappa shape index (κ1) is 47.2. The number of rotatable bonds is 18. The maximum atomic E-state index is 15.8. The normalized spacial score (nSPS) is 17.3. The zero-order valence-electron chi connectivity index (χ0n) is 37.8. The van der Waals surface area contributed by atoms with Crippen LogP contribution in [-0.2, 0) is 28.0 Å². The van der Waals surface area contributed by atoms with Crippen molar-refractivity contribution >= 4 is 57.9 Å². The standard InChI is InChI=1S/C56H55Cl4N3O4/c1-37-29-49(58)54(50(59)30-37)67-28-27-66-46-24-20-39(21-25-46)47-33-44-35-62(56(41-14-6-3-7-15-41,42-16-8-4-9-17-42)43-18-10-5-11-19-43)36-51(61-44)52(47)55(64)63(45-22-23-45)34-40-31-38(13-12-26-65-2)32-48(57)53(40)60/h3-11,14-21,24-25,29-32,44-45,51,61H,12-13,22-23,26-28,33-36H2,1-2H3/t44-,51-/m1/s1. The molecule has 7 nitrogen and oxygen atoms in total. The summed E-state index contributed by atoms with van der Waals surface area (Å²) in [6.07, 6.45) is 4.15. The molecule has 0 unspecified atom stereocenters. The van der Waals surface area contributed by atoms with Crippen LogP contribution < -0.4 is 14.8 Å². The highest BCUT2D eigenvalue weighted by molar-refractivity contribution is 6.42. The van der Waals surface area contributed by atoms with E-state index in [9.17, 15) is 0 Å². The molecule has 0 spiro atoms. The Morgan fingerprint density at radius 1 is 0.731 bits per heavy atom. The summed E-state index contributed by atoms with van der Waals surface area (Å²) in [6, 6.07) is 48.0. The number of aryl methyl sites for hydroxylation is 2. The van der Waals surface area contributed by atoms with Crippen molar-refractivity contribution in [2.24, 2.45) is 0 Å². The summed E-state index contributed by atoms with van der Waals surface area (Å²) >= 11 is 26.6. The highest BCUT2D eigenvalue weighted by atomic mass is 35.5. The Bertz CT molecular complexity index is 2580. The third-order valence-corrected chi connectivity index (χ3v) is 14.6. The van der Waals surface area contributed by atoms with Gasteiger partial charge in [0.1, 0.15) is 19.0 Å². The summed E-state index contributed by atoms with van der Waals surface area (Å²) in [5.41, 5.74) is 8.58. The fourth-order valence-electron chi connectivity index (χ4n) is 10.1. The summed E-state index contributed by atoms with van der Waals surface area (Å²) in [7, 11) is 1.71. The molecule has 2 fully saturated rings. The van der Waals surface area contributed by atoms with Crippen molar-refractivity contribution < 1.29 is 19.0 Å². The lowest BCUT2D eigenvalue weighted by molar-refractivity contribution is -0.129. The van der Waals surface area contributed by atoms with Gasteiger partial charge in [0.25, 0.3) is 5.91 Å². The largest absolute Gasteiger partial charge is 0.490 e. The Kier molecular flexibility index (Phi) is 15.0. The SMILES string of the molecule is COCCCc1cc(Cl)c(Cl)c(CN(C(=O)C2=C(c3ccc(OCCOc4c(Cl)cc(C)cc4Cl)cc3)C[C@@H]3CN(C(c4ccccc4)(c4ccccc4)c4ccccc4)C[C@H]2N3)C2CC2)c1. The number of hydrogen-bond donors (Lipinski definition) is 1. The maximum Gasteiger partial charge on any atom is 0.252 e. The van der Waals surface area contributed by atoms with Crippen LogP contribution in [0, 0.1) is 6.92 Å². The summed E-state index contributed by atoms with van der Waals surface area (Å²) < 4.78 is 17.4. The van der Waals surface area contributed by atoms with Gasteiger partial charge in [-0.1, -0.05) is 156 Å². The van der Waals surface area contributed by atoms with Crippen LogP contribution in [0.1, 0.15) is 64.6 Å². The molecule has 2 bridgehead atoms. The number of halogens is 4. The maximum absolute atomic E-state index is 15.8. The first-order chi connectivity index (χ1) is 32.6. The van der Waals surface area contributed by atoms with Crippen LogP contribution >= 0.6 is 46.4 Å². The number of carbonyl (C=O) groups is 1. The number of piperazine rings is 1. The van der Waals surface area contributed by atoms with Gasteiger partial charge in [0.05, 0.1) is 31.7 Å².